The van der Waals surface area contributed by atoms with Crippen LogP contribution < -0.4 is 0 Å². The second-order valence-electron chi connectivity index (χ2n) is 4.17. The van der Waals surface area contributed by atoms with Gasteiger partial charge in [-0.2, -0.15) is 8.78 Å². The Hall–Kier alpha value is -0.930. The van der Waals surface area contributed by atoms with Crippen molar-refractivity contribution in [2.24, 2.45) is 11.8 Å². The van der Waals surface area contributed by atoms with E-state index in [1.807, 2.05) is 13.0 Å². The number of alkyl halides is 2. The lowest BCUT2D eigenvalue weighted by Crippen LogP contribution is -2.30. The zero-order valence-electron chi connectivity index (χ0n) is 9.00. The highest BCUT2D eigenvalue weighted by Gasteiger charge is 2.35. The van der Waals surface area contributed by atoms with Crippen LogP contribution in [0.1, 0.15) is 26.7 Å². The van der Waals surface area contributed by atoms with Gasteiger partial charge in [-0.15, -0.1) is 0 Å². The molecule has 0 heterocycles. The number of halogens is 2. The summed E-state index contributed by atoms with van der Waals surface area (Å²) in [5.74, 6) is -4.26. The minimum atomic E-state index is -3.38. The number of carbonyl (C=O) groups is 1. The van der Waals surface area contributed by atoms with Gasteiger partial charge < -0.3 is 4.74 Å². The molecule has 0 fully saturated rings. The molecule has 2 unspecified atom stereocenters. The molecule has 86 valence electrons. The lowest BCUT2D eigenvalue weighted by atomic mass is 9.85. The number of hydrogen-bond donors (Lipinski definition) is 0. The van der Waals surface area contributed by atoms with Crippen molar-refractivity contribution in [3.63, 3.8) is 0 Å². The normalized spacial score (nSPS) is 26.4. The van der Waals surface area contributed by atoms with Crippen molar-refractivity contribution in [2.45, 2.75) is 32.6 Å². The molecule has 0 amide bonds. The van der Waals surface area contributed by atoms with Crippen molar-refractivity contribution in [2.75, 3.05) is 6.61 Å². The predicted molar refractivity (Wildman–Crippen MR) is 52.6 cm³/mol. The Morgan fingerprint density at radius 1 is 1.47 bits per heavy atom. The maximum Gasteiger partial charge on any atom is 0.376 e. The molecule has 1 aliphatic rings. The first kappa shape index (κ1) is 12.1. The number of ether oxygens (including phenoxy) is 1. The third-order valence-corrected chi connectivity index (χ3v) is 2.71. The SMILES string of the molecule is CC1CC=CCC1COC(=O)C(C)(F)F. The number of hydrogen-bond acceptors (Lipinski definition) is 2. The summed E-state index contributed by atoms with van der Waals surface area (Å²) in [4.78, 5) is 10.8. The van der Waals surface area contributed by atoms with Crippen molar-refractivity contribution in [1.82, 2.24) is 0 Å². The monoisotopic (exact) mass is 218 g/mol. The smallest absolute Gasteiger partial charge is 0.376 e. The van der Waals surface area contributed by atoms with Crippen molar-refractivity contribution < 1.29 is 18.3 Å². The van der Waals surface area contributed by atoms with E-state index in [0.717, 1.165) is 12.8 Å². The molecular formula is C11H16F2O2. The molecule has 0 radical (unpaired) electrons. The second-order valence-corrected chi connectivity index (χ2v) is 4.17. The Labute approximate surface area is 88.3 Å². The van der Waals surface area contributed by atoms with Crippen LogP contribution in [-0.4, -0.2) is 18.5 Å². The van der Waals surface area contributed by atoms with Gasteiger partial charge in [0.05, 0.1) is 6.61 Å². The van der Waals surface area contributed by atoms with Gasteiger partial charge in [-0.1, -0.05) is 19.1 Å². The Morgan fingerprint density at radius 2 is 2.07 bits per heavy atom. The van der Waals surface area contributed by atoms with Crippen LogP contribution in [0.5, 0.6) is 0 Å². The molecule has 2 nitrogen and oxygen atoms in total. The quantitative estimate of drug-likeness (QED) is 0.538. The second kappa shape index (κ2) is 4.73. The van der Waals surface area contributed by atoms with E-state index >= 15 is 0 Å². The standard InChI is InChI=1S/C11H16F2O2/c1-8-5-3-4-6-9(8)7-15-10(14)11(2,12)13/h3-4,8-9H,5-7H2,1-2H3. The molecule has 0 saturated heterocycles. The molecule has 0 saturated carbocycles. The summed E-state index contributed by atoms with van der Waals surface area (Å²) in [5, 5.41) is 0. The van der Waals surface area contributed by atoms with E-state index in [2.05, 4.69) is 10.8 Å². The largest absolute Gasteiger partial charge is 0.461 e. The van der Waals surface area contributed by atoms with Gasteiger partial charge in [0.1, 0.15) is 0 Å². The highest BCUT2D eigenvalue weighted by molar-refractivity contribution is 5.76. The van der Waals surface area contributed by atoms with Gasteiger partial charge >= 0.3 is 11.9 Å². The Morgan fingerprint density at radius 3 is 2.60 bits per heavy atom. The average molecular weight is 218 g/mol. The summed E-state index contributed by atoms with van der Waals surface area (Å²) >= 11 is 0. The van der Waals surface area contributed by atoms with Crippen LogP contribution in [-0.2, 0) is 9.53 Å². The molecular weight excluding hydrogens is 202 g/mol. The Kier molecular flexibility index (Phi) is 3.83. The first-order chi connectivity index (χ1) is 6.91. The lowest BCUT2D eigenvalue weighted by molar-refractivity contribution is -0.171. The molecule has 0 spiro atoms. The minimum Gasteiger partial charge on any atom is -0.461 e. The van der Waals surface area contributed by atoms with Crippen LogP contribution in [0, 0.1) is 11.8 Å². The van der Waals surface area contributed by atoms with Crippen molar-refractivity contribution >= 4 is 5.97 Å². The van der Waals surface area contributed by atoms with Crippen LogP contribution in [0.15, 0.2) is 12.2 Å². The summed E-state index contributed by atoms with van der Waals surface area (Å²) in [6.07, 6.45) is 5.79. The van der Waals surface area contributed by atoms with Gasteiger partial charge in [0.15, 0.2) is 0 Å². The van der Waals surface area contributed by atoms with Crippen molar-refractivity contribution in [3.8, 4) is 0 Å². The van der Waals surface area contributed by atoms with E-state index in [0.29, 0.717) is 12.8 Å². The molecule has 1 rings (SSSR count). The van der Waals surface area contributed by atoms with Gasteiger partial charge in [-0.3, -0.25) is 0 Å². The first-order valence-corrected chi connectivity index (χ1v) is 5.11. The van der Waals surface area contributed by atoms with Crippen molar-refractivity contribution in [1.29, 1.82) is 0 Å². The van der Waals surface area contributed by atoms with Crippen LogP contribution in [0.3, 0.4) is 0 Å². The molecule has 4 heteroatoms. The Balaban J connectivity index is 2.37. The molecule has 0 bridgehead atoms. The summed E-state index contributed by atoms with van der Waals surface area (Å²) in [6, 6.07) is 0. The third kappa shape index (κ3) is 3.61. The van der Waals surface area contributed by atoms with Crippen LogP contribution >= 0.6 is 0 Å². The molecule has 0 aromatic heterocycles. The minimum absolute atomic E-state index is 0.0910. The summed E-state index contributed by atoms with van der Waals surface area (Å²) in [5.41, 5.74) is 0. The highest BCUT2D eigenvalue weighted by atomic mass is 19.3. The van der Waals surface area contributed by atoms with E-state index in [-0.39, 0.29) is 12.5 Å². The number of carbonyl (C=O) groups excluding carboxylic acids is 1. The van der Waals surface area contributed by atoms with E-state index < -0.39 is 11.9 Å². The zero-order valence-corrected chi connectivity index (χ0v) is 9.00. The average Bonchev–Trinajstić information content (AvgIpc) is 2.14. The molecule has 2 atom stereocenters. The molecule has 1 aliphatic carbocycles. The molecule has 15 heavy (non-hydrogen) atoms. The van der Waals surface area contributed by atoms with Crippen LogP contribution in [0.25, 0.3) is 0 Å². The molecule has 0 N–H and O–H groups in total. The molecule has 0 aliphatic heterocycles. The number of allylic oxidation sites excluding steroid dienone is 2. The summed E-state index contributed by atoms with van der Waals surface area (Å²) < 4.78 is 29.6. The lowest BCUT2D eigenvalue weighted by Gasteiger charge is -2.25. The maximum absolute atomic E-state index is 12.5. The first-order valence-electron chi connectivity index (χ1n) is 5.11. The van der Waals surface area contributed by atoms with Crippen LogP contribution in [0.2, 0.25) is 0 Å². The zero-order chi connectivity index (χ0) is 11.5. The van der Waals surface area contributed by atoms with Gasteiger partial charge in [0.2, 0.25) is 0 Å². The third-order valence-electron chi connectivity index (χ3n) is 2.71. The topological polar surface area (TPSA) is 26.3 Å². The van der Waals surface area contributed by atoms with E-state index in [1.165, 1.54) is 0 Å². The number of rotatable bonds is 3. The maximum atomic E-state index is 12.5. The number of esters is 1. The van der Waals surface area contributed by atoms with Crippen LogP contribution in [0.4, 0.5) is 8.78 Å². The van der Waals surface area contributed by atoms with Gasteiger partial charge in [-0.25, -0.2) is 4.79 Å². The molecule has 0 aromatic carbocycles. The van der Waals surface area contributed by atoms with E-state index in [1.54, 1.807) is 0 Å². The fraction of sp³-hybridized carbons (Fsp3) is 0.727. The fourth-order valence-corrected chi connectivity index (χ4v) is 1.55. The van der Waals surface area contributed by atoms with Gasteiger partial charge in [0.25, 0.3) is 0 Å². The summed E-state index contributed by atoms with van der Waals surface area (Å²) in [7, 11) is 0. The van der Waals surface area contributed by atoms with Gasteiger partial charge in [-0.05, 0) is 24.7 Å². The summed E-state index contributed by atoms with van der Waals surface area (Å²) in [6.45, 7) is 2.68. The highest BCUT2D eigenvalue weighted by Crippen LogP contribution is 2.25. The van der Waals surface area contributed by atoms with E-state index in [4.69, 9.17) is 0 Å². The Bertz CT molecular complexity index is 256. The van der Waals surface area contributed by atoms with Crippen molar-refractivity contribution in [3.05, 3.63) is 12.2 Å². The molecule has 0 aromatic rings. The van der Waals surface area contributed by atoms with E-state index in [9.17, 15) is 13.6 Å². The predicted octanol–water partition coefficient (Wildman–Crippen LogP) is 2.79. The fourth-order valence-electron chi connectivity index (χ4n) is 1.55. The van der Waals surface area contributed by atoms with Gasteiger partial charge in [0, 0.05) is 6.92 Å².